The molecule has 7 atom stereocenters. The number of ketones is 2. The lowest BCUT2D eigenvalue weighted by atomic mass is 9.54. The molecule has 0 spiro atoms. The maximum Gasteiger partial charge on any atom is 0.255 e. The number of fused-ring (bicyclic) bond motifs is 3. The predicted molar refractivity (Wildman–Crippen MR) is 173 cm³/mol. The average Bonchev–Trinajstić information content (AvgIpc) is 3.02. The number of hydrogen-bond acceptors (Lipinski definition) is 12. The fourth-order valence-corrected chi connectivity index (χ4v) is 7.37. The van der Waals surface area contributed by atoms with Crippen LogP contribution in [0.15, 0.2) is 53.3 Å². The number of nitrogens with two attached hydrogens (primary N) is 1. The number of aromatic hydroxyl groups is 2. The summed E-state index contributed by atoms with van der Waals surface area (Å²) >= 11 is 0. The Morgan fingerprint density at radius 1 is 1.04 bits per heavy atom. The lowest BCUT2D eigenvalue weighted by Crippen LogP contribution is -2.70. The van der Waals surface area contributed by atoms with Crippen LogP contribution in [0.5, 0.6) is 11.5 Å². The van der Waals surface area contributed by atoms with Gasteiger partial charge in [-0.2, -0.15) is 0 Å². The van der Waals surface area contributed by atoms with Crippen LogP contribution in [0.25, 0.3) is 5.76 Å². The zero-order chi connectivity index (χ0) is 35.4. The van der Waals surface area contributed by atoms with Crippen molar-refractivity contribution in [3.8, 4) is 11.5 Å². The highest BCUT2D eigenvalue weighted by Gasteiger charge is 2.68. The van der Waals surface area contributed by atoms with Gasteiger partial charge in [0, 0.05) is 11.5 Å². The van der Waals surface area contributed by atoms with E-state index in [1.165, 1.54) is 43.3 Å². The smallest absolute Gasteiger partial charge is 0.255 e. The summed E-state index contributed by atoms with van der Waals surface area (Å²) in [6.07, 6.45) is -0.0837. The van der Waals surface area contributed by atoms with E-state index in [0.29, 0.717) is 17.7 Å². The number of carbonyl (C=O) groups excluding carboxylic acids is 4. The first-order chi connectivity index (χ1) is 22.6. The van der Waals surface area contributed by atoms with Crippen molar-refractivity contribution in [3.05, 3.63) is 70.0 Å². The molecule has 1 fully saturated rings. The van der Waals surface area contributed by atoms with Crippen molar-refractivity contribution in [1.29, 1.82) is 0 Å². The van der Waals surface area contributed by atoms with Gasteiger partial charge < -0.3 is 47.0 Å². The van der Waals surface area contributed by atoms with Gasteiger partial charge >= 0.3 is 0 Å². The molecular formula is C34H40N4O10. The number of nitrogens with zero attached hydrogens (tertiary/aromatic N) is 1. The van der Waals surface area contributed by atoms with E-state index >= 15 is 0 Å². The van der Waals surface area contributed by atoms with Gasteiger partial charge in [-0.25, -0.2) is 0 Å². The molecule has 256 valence electrons. The molecule has 0 saturated heterocycles. The molecule has 3 aliphatic carbocycles. The molecule has 2 aromatic carbocycles. The van der Waals surface area contributed by atoms with Crippen LogP contribution in [-0.2, 0) is 19.2 Å². The number of phenols is 2. The Morgan fingerprint density at radius 3 is 2.27 bits per heavy atom. The average molecular weight is 665 g/mol. The van der Waals surface area contributed by atoms with Crippen LogP contribution in [-0.4, -0.2) is 97.3 Å². The van der Waals surface area contributed by atoms with Crippen molar-refractivity contribution in [2.24, 2.45) is 17.6 Å². The fraction of sp³-hybridized carbons (Fsp3) is 0.412. The summed E-state index contributed by atoms with van der Waals surface area (Å²) < 4.78 is 0. The number of hydrogen-bond donors (Lipinski definition) is 9. The monoisotopic (exact) mass is 664 g/mol. The predicted octanol–water partition coefficient (Wildman–Crippen LogP) is 1.27. The molecule has 0 radical (unpaired) electrons. The number of anilines is 1. The molecule has 0 aliphatic heterocycles. The molecule has 0 bridgehead atoms. The van der Waals surface area contributed by atoms with E-state index < -0.39 is 93.3 Å². The highest BCUT2D eigenvalue weighted by Crippen LogP contribution is 2.56. The normalized spacial score (nSPS) is 27.4. The molecule has 3 aliphatic rings. The van der Waals surface area contributed by atoms with Crippen molar-refractivity contribution in [3.63, 3.8) is 0 Å². The molecule has 14 heteroatoms. The van der Waals surface area contributed by atoms with Crippen molar-refractivity contribution in [1.82, 2.24) is 10.2 Å². The minimum absolute atomic E-state index is 0.0137. The standard InChI is InChI=1S/C34H40N4O10/c1-5-6-13-36-24(15-7-9-16(39)10-8-15)33(47)37-18-12-11-17-14(2)19-21(27(41)20(17)26(18)40)30(44)34(48)23(28(19)42)25(38(3)4)29(43)22(31(34)45)32(35)46/h7-12,14,19,23-25,28,36,39-42,45,48H,5-6,13H2,1-4H3,(H2,35,46)(H,37,47)/t14?,19?,23?,24?,25-,28?,34?/m0/s1. The van der Waals surface area contributed by atoms with E-state index in [1.807, 2.05) is 6.92 Å². The molecule has 0 aromatic heterocycles. The summed E-state index contributed by atoms with van der Waals surface area (Å²) in [6.45, 7) is 4.10. The number of amides is 2. The summed E-state index contributed by atoms with van der Waals surface area (Å²) in [5, 5.41) is 73.3. The van der Waals surface area contributed by atoms with E-state index in [-0.39, 0.29) is 17.0 Å². The third kappa shape index (κ3) is 5.21. The summed E-state index contributed by atoms with van der Waals surface area (Å²) in [4.78, 5) is 54.7. The number of likely N-dealkylation sites (N-methyl/N-ethyl adjacent to an activating group) is 1. The third-order valence-corrected chi connectivity index (χ3v) is 9.75. The van der Waals surface area contributed by atoms with Crippen LogP contribution >= 0.6 is 0 Å². The minimum atomic E-state index is -3.04. The Kier molecular flexibility index (Phi) is 9.14. The van der Waals surface area contributed by atoms with Gasteiger partial charge in [0.05, 0.1) is 29.3 Å². The highest BCUT2D eigenvalue weighted by atomic mass is 16.4. The molecule has 2 amide bonds. The minimum Gasteiger partial charge on any atom is -0.508 e. The van der Waals surface area contributed by atoms with E-state index in [0.717, 1.165) is 12.8 Å². The van der Waals surface area contributed by atoms with Crippen LogP contribution < -0.4 is 16.4 Å². The molecule has 14 nitrogen and oxygen atoms in total. The largest absolute Gasteiger partial charge is 0.508 e. The number of Topliss-reactive ketones (excluding diaryl/α,β-unsaturated/α-hetero) is 2. The number of aliphatic hydroxyl groups excluding tert-OH is 3. The molecule has 5 rings (SSSR count). The Morgan fingerprint density at radius 2 is 1.69 bits per heavy atom. The van der Waals surface area contributed by atoms with E-state index in [9.17, 15) is 49.8 Å². The quantitative estimate of drug-likeness (QED) is 0.105. The van der Waals surface area contributed by atoms with Gasteiger partial charge in [-0.3, -0.25) is 24.1 Å². The number of carbonyl (C=O) groups is 4. The molecule has 6 unspecified atom stereocenters. The topological polar surface area (TPSA) is 243 Å². The lowest BCUT2D eigenvalue weighted by molar-refractivity contribution is -0.169. The van der Waals surface area contributed by atoms with Gasteiger partial charge in [0.1, 0.15) is 34.6 Å². The van der Waals surface area contributed by atoms with Crippen molar-refractivity contribution >= 4 is 34.8 Å². The molecular weight excluding hydrogens is 624 g/mol. The van der Waals surface area contributed by atoms with E-state index in [1.54, 1.807) is 19.1 Å². The molecule has 1 saturated carbocycles. The van der Waals surface area contributed by atoms with Gasteiger partial charge in [0.25, 0.3) is 5.91 Å². The molecule has 0 heterocycles. The Hall–Kier alpha value is -4.76. The van der Waals surface area contributed by atoms with E-state index in [4.69, 9.17) is 5.73 Å². The molecule has 2 aromatic rings. The van der Waals surface area contributed by atoms with Gasteiger partial charge in [-0.05, 0) is 62.3 Å². The SMILES string of the molecule is CCCCNC(C(=O)Nc1ccc2c(c1O)C(O)=C1C(=O)C3(O)C(O)=C(C(N)=O)C(=O)[C@@H](N(C)C)C3C(O)C1C2C)c1ccc(O)cc1. The van der Waals surface area contributed by atoms with Gasteiger partial charge in [-0.1, -0.05) is 38.5 Å². The number of rotatable bonds is 9. The number of phenolic OH excluding ortho intramolecular Hbond substituents is 2. The Bertz CT molecular complexity index is 1750. The second-order valence-corrected chi connectivity index (χ2v) is 12.8. The summed E-state index contributed by atoms with van der Waals surface area (Å²) in [5.74, 6) is -10.6. The van der Waals surface area contributed by atoms with Crippen LogP contribution in [0, 0.1) is 11.8 Å². The van der Waals surface area contributed by atoms with Crippen molar-refractivity contribution < 1.29 is 49.8 Å². The third-order valence-electron chi connectivity index (χ3n) is 9.75. The number of benzene rings is 2. The maximum absolute atomic E-state index is 14.2. The number of nitrogens with one attached hydrogen (secondary N) is 2. The Balaban J connectivity index is 1.60. The lowest BCUT2D eigenvalue weighted by Gasteiger charge is -2.53. The van der Waals surface area contributed by atoms with Crippen molar-refractivity contribution in [2.75, 3.05) is 26.0 Å². The van der Waals surface area contributed by atoms with E-state index in [2.05, 4.69) is 10.6 Å². The first-order valence-electron chi connectivity index (χ1n) is 15.6. The summed E-state index contributed by atoms with van der Waals surface area (Å²) in [7, 11) is 2.87. The zero-order valence-electron chi connectivity index (χ0n) is 26.9. The van der Waals surface area contributed by atoms with Crippen LogP contribution in [0.4, 0.5) is 5.69 Å². The Labute approximate surface area is 276 Å². The van der Waals surface area contributed by atoms with Gasteiger partial charge in [0.15, 0.2) is 11.4 Å². The van der Waals surface area contributed by atoms with Gasteiger partial charge in [-0.15, -0.1) is 0 Å². The number of unbranched alkanes of at least 4 members (excludes halogenated alkanes) is 1. The second-order valence-electron chi connectivity index (χ2n) is 12.8. The number of aliphatic hydroxyl groups is 4. The molecule has 10 N–H and O–H groups in total. The highest BCUT2D eigenvalue weighted by molar-refractivity contribution is 6.24. The second kappa shape index (κ2) is 12.7. The maximum atomic E-state index is 14.2. The first kappa shape index (κ1) is 34.6. The molecule has 48 heavy (non-hydrogen) atoms. The van der Waals surface area contributed by atoms with Gasteiger partial charge in [0.2, 0.25) is 11.7 Å². The first-order valence-corrected chi connectivity index (χ1v) is 15.6. The summed E-state index contributed by atoms with van der Waals surface area (Å²) in [6, 6.07) is 6.61. The zero-order valence-corrected chi connectivity index (χ0v) is 26.9. The van der Waals surface area contributed by atoms with Crippen LogP contribution in [0.1, 0.15) is 55.3 Å². The van der Waals surface area contributed by atoms with Crippen LogP contribution in [0.2, 0.25) is 0 Å². The van der Waals surface area contributed by atoms with Crippen molar-refractivity contribution in [2.45, 2.75) is 56.4 Å². The van der Waals surface area contributed by atoms with Crippen LogP contribution in [0.3, 0.4) is 0 Å². The number of primary amides is 1. The fourth-order valence-electron chi connectivity index (χ4n) is 7.37. The summed E-state index contributed by atoms with van der Waals surface area (Å²) in [5.41, 5.74) is 1.26.